The molecule has 3 aromatic rings. The van der Waals surface area contributed by atoms with Crippen LogP contribution >= 0.6 is 0 Å². The summed E-state index contributed by atoms with van der Waals surface area (Å²) in [5, 5.41) is 2.59. The Labute approximate surface area is 173 Å². The fourth-order valence-electron chi connectivity index (χ4n) is 5.07. The van der Waals surface area contributed by atoms with Gasteiger partial charge in [-0.3, -0.25) is 0 Å². The van der Waals surface area contributed by atoms with Gasteiger partial charge in [-0.2, -0.15) is 0 Å². The molecular formula is C26H29N3. The molecule has 1 fully saturated rings. The molecule has 1 saturated carbocycles. The van der Waals surface area contributed by atoms with Gasteiger partial charge in [-0.1, -0.05) is 55.7 Å². The van der Waals surface area contributed by atoms with Crippen molar-refractivity contribution in [2.45, 2.75) is 50.9 Å². The van der Waals surface area contributed by atoms with E-state index in [1.807, 2.05) is 11.9 Å². The molecule has 148 valence electrons. The second-order valence-corrected chi connectivity index (χ2v) is 8.54. The molecule has 0 aliphatic heterocycles. The Bertz CT molecular complexity index is 1050. The van der Waals surface area contributed by atoms with E-state index in [0.717, 1.165) is 30.1 Å². The van der Waals surface area contributed by atoms with Crippen molar-refractivity contribution in [3.63, 3.8) is 0 Å². The fraction of sp³-hybridized carbons (Fsp3) is 0.346. The third kappa shape index (κ3) is 3.39. The first-order chi connectivity index (χ1) is 14.2. The normalized spacial score (nSPS) is 17.1. The van der Waals surface area contributed by atoms with E-state index in [1.165, 1.54) is 59.6 Å². The Balaban J connectivity index is 1.41. The lowest BCUT2D eigenvalue weighted by Crippen LogP contribution is -2.33. The molecule has 2 aliphatic carbocycles. The Morgan fingerprint density at radius 3 is 2.38 bits per heavy atom. The molecule has 29 heavy (non-hydrogen) atoms. The molecule has 0 amide bonds. The van der Waals surface area contributed by atoms with Crippen LogP contribution in [0.25, 0.3) is 10.8 Å². The predicted octanol–water partition coefficient (Wildman–Crippen LogP) is 6.07. The molecular weight excluding hydrogens is 354 g/mol. The zero-order chi connectivity index (χ0) is 19.8. The van der Waals surface area contributed by atoms with Crippen LogP contribution in [0.3, 0.4) is 0 Å². The predicted molar refractivity (Wildman–Crippen MR) is 123 cm³/mol. The topological polar surface area (TPSA) is 41.6 Å². The third-order valence-corrected chi connectivity index (χ3v) is 6.79. The second kappa shape index (κ2) is 7.55. The summed E-state index contributed by atoms with van der Waals surface area (Å²) in [5.41, 5.74) is 12.8. The molecule has 2 N–H and O–H groups in total. The molecule has 5 rings (SSSR count). The lowest BCUT2D eigenvalue weighted by atomic mass is 9.84. The molecule has 0 saturated heterocycles. The summed E-state index contributed by atoms with van der Waals surface area (Å²) < 4.78 is 0. The van der Waals surface area contributed by atoms with E-state index in [9.17, 15) is 0 Å². The van der Waals surface area contributed by atoms with Gasteiger partial charge in [0.1, 0.15) is 0 Å². The van der Waals surface area contributed by atoms with Crippen LogP contribution in [0.1, 0.15) is 54.7 Å². The number of hydrogen-bond acceptors (Lipinski definition) is 1. The minimum absolute atomic E-state index is 0.522. The number of nitrogens with two attached hydrogens (primary N) is 1. The first-order valence-corrected chi connectivity index (χ1v) is 10.9. The van der Waals surface area contributed by atoms with Crippen molar-refractivity contribution in [1.29, 1.82) is 0 Å². The quantitative estimate of drug-likeness (QED) is 0.440. The van der Waals surface area contributed by atoms with Gasteiger partial charge in [0, 0.05) is 18.1 Å². The zero-order valence-corrected chi connectivity index (χ0v) is 17.2. The molecule has 0 radical (unpaired) electrons. The van der Waals surface area contributed by atoms with Crippen molar-refractivity contribution < 1.29 is 0 Å². The highest BCUT2D eigenvalue weighted by Crippen LogP contribution is 2.36. The van der Waals surface area contributed by atoms with E-state index in [4.69, 9.17) is 10.7 Å². The van der Waals surface area contributed by atoms with Crippen LogP contribution in [0.4, 0.5) is 11.4 Å². The number of guanidine groups is 1. The zero-order valence-electron chi connectivity index (χ0n) is 17.2. The molecule has 3 nitrogen and oxygen atoms in total. The Morgan fingerprint density at radius 2 is 1.62 bits per heavy atom. The lowest BCUT2D eigenvalue weighted by molar-refractivity contribution is 0.443. The van der Waals surface area contributed by atoms with Crippen molar-refractivity contribution in [2.24, 2.45) is 10.7 Å². The van der Waals surface area contributed by atoms with Crippen molar-refractivity contribution in [2.75, 3.05) is 11.9 Å². The third-order valence-electron chi connectivity index (χ3n) is 6.79. The minimum Gasteiger partial charge on any atom is -0.369 e. The van der Waals surface area contributed by atoms with Crippen LogP contribution in [0, 0.1) is 0 Å². The van der Waals surface area contributed by atoms with Gasteiger partial charge in [0.05, 0.1) is 5.69 Å². The van der Waals surface area contributed by atoms with Crippen molar-refractivity contribution in [3.8, 4) is 0 Å². The fourth-order valence-corrected chi connectivity index (χ4v) is 5.07. The van der Waals surface area contributed by atoms with Gasteiger partial charge < -0.3 is 10.6 Å². The SMILES string of the molecule is CN(C(N)=Nc1ccc2c3c(cccc13)CC2)c1ccc(C2CCCCC2)cc1. The van der Waals surface area contributed by atoms with Crippen molar-refractivity contribution in [1.82, 2.24) is 0 Å². The van der Waals surface area contributed by atoms with E-state index in [-0.39, 0.29) is 0 Å². The number of nitrogens with zero attached hydrogens (tertiary/aromatic N) is 2. The molecule has 2 aliphatic rings. The van der Waals surface area contributed by atoms with E-state index in [1.54, 1.807) is 0 Å². The number of anilines is 1. The van der Waals surface area contributed by atoms with E-state index in [0.29, 0.717) is 5.96 Å². The maximum absolute atomic E-state index is 6.42. The number of aliphatic imine (C=N–C) groups is 1. The minimum atomic E-state index is 0.522. The maximum atomic E-state index is 6.42. The van der Waals surface area contributed by atoms with Crippen molar-refractivity contribution in [3.05, 3.63) is 71.3 Å². The molecule has 3 aromatic carbocycles. The van der Waals surface area contributed by atoms with Crippen molar-refractivity contribution >= 4 is 28.1 Å². The largest absolute Gasteiger partial charge is 0.369 e. The second-order valence-electron chi connectivity index (χ2n) is 8.54. The monoisotopic (exact) mass is 383 g/mol. The summed E-state index contributed by atoms with van der Waals surface area (Å²) in [5.74, 6) is 1.25. The average Bonchev–Trinajstić information content (AvgIpc) is 3.20. The highest BCUT2D eigenvalue weighted by Gasteiger charge is 2.17. The summed E-state index contributed by atoms with van der Waals surface area (Å²) >= 11 is 0. The first kappa shape index (κ1) is 18.2. The van der Waals surface area contributed by atoms with Gasteiger partial charge in [0.25, 0.3) is 0 Å². The number of rotatable bonds is 3. The van der Waals surface area contributed by atoms with E-state index >= 15 is 0 Å². The highest BCUT2D eigenvalue weighted by atomic mass is 15.2. The molecule has 3 heteroatoms. The molecule has 0 unspecified atom stereocenters. The Hall–Kier alpha value is -2.81. The Morgan fingerprint density at radius 1 is 0.897 bits per heavy atom. The van der Waals surface area contributed by atoms with Gasteiger partial charge in [-0.25, -0.2) is 4.99 Å². The van der Waals surface area contributed by atoms with Gasteiger partial charge in [0.2, 0.25) is 5.96 Å². The molecule has 0 heterocycles. The van der Waals surface area contributed by atoms with Gasteiger partial charge in [-0.05, 0) is 71.9 Å². The summed E-state index contributed by atoms with van der Waals surface area (Å²) in [4.78, 5) is 6.79. The van der Waals surface area contributed by atoms with Crippen LogP contribution in [-0.2, 0) is 12.8 Å². The van der Waals surface area contributed by atoms with Gasteiger partial charge in [0.15, 0.2) is 0 Å². The summed E-state index contributed by atoms with van der Waals surface area (Å²) in [6, 6.07) is 19.8. The van der Waals surface area contributed by atoms with Crippen LogP contribution in [-0.4, -0.2) is 13.0 Å². The smallest absolute Gasteiger partial charge is 0.200 e. The average molecular weight is 384 g/mol. The van der Waals surface area contributed by atoms with Crippen LogP contribution in [0.15, 0.2) is 59.6 Å². The first-order valence-electron chi connectivity index (χ1n) is 10.9. The number of benzene rings is 3. The molecule has 0 bridgehead atoms. The highest BCUT2D eigenvalue weighted by molar-refractivity contribution is 6.02. The lowest BCUT2D eigenvalue weighted by Gasteiger charge is -2.23. The number of hydrogen-bond donors (Lipinski definition) is 1. The van der Waals surface area contributed by atoms with E-state index < -0.39 is 0 Å². The summed E-state index contributed by atoms with van der Waals surface area (Å²) in [7, 11) is 1.99. The molecule has 0 aromatic heterocycles. The summed E-state index contributed by atoms with van der Waals surface area (Å²) in [6.45, 7) is 0. The molecule has 0 spiro atoms. The van der Waals surface area contributed by atoms with Crippen LogP contribution in [0.5, 0.6) is 0 Å². The van der Waals surface area contributed by atoms with Crippen LogP contribution < -0.4 is 10.6 Å². The summed E-state index contributed by atoms with van der Waals surface area (Å²) in [6.07, 6.45) is 9.01. The number of aryl methyl sites for hydroxylation is 2. The van der Waals surface area contributed by atoms with E-state index in [2.05, 4.69) is 54.6 Å². The molecule has 0 atom stereocenters. The van der Waals surface area contributed by atoms with Gasteiger partial charge >= 0.3 is 0 Å². The van der Waals surface area contributed by atoms with Crippen LogP contribution in [0.2, 0.25) is 0 Å². The standard InChI is InChI=1S/C26H29N3/c1-29(22-15-12-19(13-16-22)18-6-3-2-4-7-18)26(27)28-24-17-14-21-11-10-20-8-5-9-23(24)25(20)21/h5,8-9,12-18H,2-4,6-7,10-11H2,1H3,(H2,27,28). The maximum Gasteiger partial charge on any atom is 0.200 e. The van der Waals surface area contributed by atoms with Gasteiger partial charge in [-0.15, -0.1) is 0 Å². The Kier molecular flexibility index (Phi) is 4.75.